The predicted octanol–water partition coefficient (Wildman–Crippen LogP) is 1.87. The summed E-state index contributed by atoms with van der Waals surface area (Å²) < 4.78 is 15.5. The van der Waals surface area contributed by atoms with E-state index in [4.69, 9.17) is 14.2 Å². The summed E-state index contributed by atoms with van der Waals surface area (Å²) in [6.07, 6.45) is 2.02. The van der Waals surface area contributed by atoms with Crippen LogP contribution in [0.5, 0.6) is 11.5 Å². The minimum absolute atomic E-state index is 0.773. The molecule has 0 unspecified atom stereocenters. The second-order valence-electron chi connectivity index (χ2n) is 4.04. The van der Waals surface area contributed by atoms with Crippen LogP contribution < -0.4 is 14.8 Å². The molecule has 18 heavy (non-hydrogen) atoms. The van der Waals surface area contributed by atoms with Gasteiger partial charge in [-0.15, -0.1) is 0 Å². The first-order chi connectivity index (χ1) is 8.81. The molecule has 102 valence electrons. The minimum Gasteiger partial charge on any atom is -0.493 e. The molecule has 1 aromatic rings. The zero-order valence-electron chi connectivity index (χ0n) is 11.5. The smallest absolute Gasteiger partial charge is 0.160 e. The molecule has 0 bridgehead atoms. The van der Waals surface area contributed by atoms with E-state index in [1.54, 1.807) is 21.3 Å². The van der Waals surface area contributed by atoms with Gasteiger partial charge in [-0.3, -0.25) is 0 Å². The standard InChI is InChI=1S/C14H23NO3/c1-16-10-4-8-15-9-7-12-5-6-13(17-2)14(11-12)18-3/h5-6,11,15H,4,7-10H2,1-3H3. The number of hydrogen-bond donors (Lipinski definition) is 1. The van der Waals surface area contributed by atoms with E-state index < -0.39 is 0 Å². The van der Waals surface area contributed by atoms with Gasteiger partial charge in [-0.05, 0) is 43.6 Å². The van der Waals surface area contributed by atoms with E-state index in [1.165, 1.54) is 5.56 Å². The molecule has 0 heterocycles. The largest absolute Gasteiger partial charge is 0.493 e. The van der Waals surface area contributed by atoms with Gasteiger partial charge in [0.15, 0.2) is 11.5 Å². The van der Waals surface area contributed by atoms with Crippen molar-refractivity contribution in [1.29, 1.82) is 0 Å². The van der Waals surface area contributed by atoms with Gasteiger partial charge in [0, 0.05) is 13.7 Å². The average molecular weight is 253 g/mol. The van der Waals surface area contributed by atoms with Crippen molar-refractivity contribution >= 4 is 0 Å². The van der Waals surface area contributed by atoms with Crippen molar-refractivity contribution in [2.45, 2.75) is 12.8 Å². The number of benzene rings is 1. The third-order valence-electron chi connectivity index (χ3n) is 2.74. The maximum atomic E-state index is 5.27. The highest BCUT2D eigenvalue weighted by molar-refractivity contribution is 5.42. The molecule has 0 fully saturated rings. The van der Waals surface area contributed by atoms with Crippen LogP contribution in [0, 0.1) is 0 Å². The van der Waals surface area contributed by atoms with E-state index in [-0.39, 0.29) is 0 Å². The number of methoxy groups -OCH3 is 3. The van der Waals surface area contributed by atoms with Gasteiger partial charge >= 0.3 is 0 Å². The Balaban J connectivity index is 2.34. The molecule has 0 atom stereocenters. The summed E-state index contributed by atoms with van der Waals surface area (Å²) in [6.45, 7) is 2.75. The molecule has 0 spiro atoms. The zero-order chi connectivity index (χ0) is 13.2. The molecule has 4 heteroatoms. The van der Waals surface area contributed by atoms with Crippen molar-refractivity contribution < 1.29 is 14.2 Å². The topological polar surface area (TPSA) is 39.7 Å². The molecule has 0 saturated heterocycles. The summed E-state index contributed by atoms with van der Waals surface area (Å²) in [5.41, 5.74) is 1.24. The van der Waals surface area contributed by atoms with Crippen LogP contribution in [0.4, 0.5) is 0 Å². The molecule has 1 rings (SSSR count). The normalized spacial score (nSPS) is 10.4. The van der Waals surface area contributed by atoms with Crippen molar-refractivity contribution in [2.24, 2.45) is 0 Å². The molecular formula is C14H23NO3. The molecule has 1 N–H and O–H groups in total. The molecule has 0 aromatic heterocycles. The first-order valence-electron chi connectivity index (χ1n) is 6.22. The fourth-order valence-corrected chi connectivity index (χ4v) is 1.74. The van der Waals surface area contributed by atoms with Crippen molar-refractivity contribution in [2.75, 3.05) is 41.0 Å². The van der Waals surface area contributed by atoms with Gasteiger partial charge < -0.3 is 19.5 Å². The first-order valence-corrected chi connectivity index (χ1v) is 6.22. The monoisotopic (exact) mass is 253 g/mol. The molecule has 0 aliphatic heterocycles. The summed E-state index contributed by atoms with van der Waals surface area (Å²) in [4.78, 5) is 0. The van der Waals surface area contributed by atoms with Gasteiger partial charge in [0.2, 0.25) is 0 Å². The lowest BCUT2D eigenvalue weighted by molar-refractivity contribution is 0.194. The third kappa shape index (κ3) is 4.94. The van der Waals surface area contributed by atoms with Gasteiger partial charge in [-0.25, -0.2) is 0 Å². The molecule has 0 amide bonds. The summed E-state index contributed by atoms with van der Waals surface area (Å²) in [6, 6.07) is 6.03. The Hall–Kier alpha value is -1.26. The fraction of sp³-hybridized carbons (Fsp3) is 0.571. The van der Waals surface area contributed by atoms with E-state index >= 15 is 0 Å². The van der Waals surface area contributed by atoms with Gasteiger partial charge in [0.25, 0.3) is 0 Å². The molecule has 0 aliphatic carbocycles. The highest BCUT2D eigenvalue weighted by Crippen LogP contribution is 2.27. The summed E-state index contributed by atoms with van der Waals surface area (Å²) in [5, 5.41) is 3.38. The Morgan fingerprint density at radius 3 is 2.44 bits per heavy atom. The lowest BCUT2D eigenvalue weighted by atomic mass is 10.1. The van der Waals surface area contributed by atoms with E-state index in [0.717, 1.165) is 44.0 Å². The van der Waals surface area contributed by atoms with Crippen LogP contribution in [0.2, 0.25) is 0 Å². The number of rotatable bonds is 9. The Morgan fingerprint density at radius 1 is 1.00 bits per heavy atom. The molecule has 0 saturated carbocycles. The molecule has 1 aromatic carbocycles. The van der Waals surface area contributed by atoms with Crippen molar-refractivity contribution in [3.63, 3.8) is 0 Å². The Morgan fingerprint density at radius 2 is 1.78 bits per heavy atom. The highest BCUT2D eigenvalue weighted by Gasteiger charge is 2.03. The summed E-state index contributed by atoms with van der Waals surface area (Å²) >= 11 is 0. The number of ether oxygens (including phenoxy) is 3. The van der Waals surface area contributed by atoms with E-state index in [2.05, 4.69) is 11.4 Å². The number of nitrogens with one attached hydrogen (secondary N) is 1. The Labute approximate surface area is 109 Å². The summed E-state index contributed by atoms with van der Waals surface area (Å²) in [7, 11) is 5.03. The maximum absolute atomic E-state index is 5.27. The predicted molar refractivity (Wildman–Crippen MR) is 72.6 cm³/mol. The first kappa shape index (κ1) is 14.8. The average Bonchev–Trinajstić information content (AvgIpc) is 2.42. The minimum atomic E-state index is 0.773. The van der Waals surface area contributed by atoms with Crippen LogP contribution in [-0.4, -0.2) is 41.0 Å². The van der Waals surface area contributed by atoms with E-state index in [9.17, 15) is 0 Å². The van der Waals surface area contributed by atoms with E-state index in [1.807, 2.05) is 12.1 Å². The lowest BCUT2D eigenvalue weighted by Crippen LogP contribution is -2.19. The Kier molecular flexibility index (Phi) is 7.22. The van der Waals surface area contributed by atoms with Crippen molar-refractivity contribution in [1.82, 2.24) is 5.32 Å². The number of hydrogen-bond acceptors (Lipinski definition) is 4. The molecule has 0 aliphatic rings. The second-order valence-corrected chi connectivity index (χ2v) is 4.04. The van der Waals surface area contributed by atoms with Crippen LogP contribution in [0.3, 0.4) is 0 Å². The van der Waals surface area contributed by atoms with Crippen molar-refractivity contribution in [3.8, 4) is 11.5 Å². The van der Waals surface area contributed by atoms with Gasteiger partial charge in [-0.1, -0.05) is 6.07 Å². The SMILES string of the molecule is COCCCNCCc1ccc(OC)c(OC)c1. The zero-order valence-corrected chi connectivity index (χ0v) is 11.5. The third-order valence-corrected chi connectivity index (χ3v) is 2.74. The van der Waals surface area contributed by atoms with Crippen LogP contribution in [0.25, 0.3) is 0 Å². The van der Waals surface area contributed by atoms with Gasteiger partial charge in [-0.2, -0.15) is 0 Å². The van der Waals surface area contributed by atoms with Crippen LogP contribution in [0.15, 0.2) is 18.2 Å². The Bertz CT molecular complexity index is 342. The quantitative estimate of drug-likeness (QED) is 0.682. The van der Waals surface area contributed by atoms with E-state index in [0.29, 0.717) is 0 Å². The van der Waals surface area contributed by atoms with Crippen LogP contribution >= 0.6 is 0 Å². The molecule has 0 radical (unpaired) electrons. The van der Waals surface area contributed by atoms with Gasteiger partial charge in [0.05, 0.1) is 14.2 Å². The maximum Gasteiger partial charge on any atom is 0.160 e. The van der Waals surface area contributed by atoms with Crippen molar-refractivity contribution in [3.05, 3.63) is 23.8 Å². The summed E-state index contributed by atoms with van der Waals surface area (Å²) in [5.74, 6) is 1.56. The van der Waals surface area contributed by atoms with Crippen LogP contribution in [0.1, 0.15) is 12.0 Å². The van der Waals surface area contributed by atoms with Crippen LogP contribution in [-0.2, 0) is 11.2 Å². The molecule has 4 nitrogen and oxygen atoms in total. The van der Waals surface area contributed by atoms with Gasteiger partial charge in [0.1, 0.15) is 0 Å². The second kappa shape index (κ2) is 8.78. The molecular weight excluding hydrogens is 230 g/mol. The lowest BCUT2D eigenvalue weighted by Gasteiger charge is -2.10. The highest BCUT2D eigenvalue weighted by atomic mass is 16.5. The fourth-order valence-electron chi connectivity index (χ4n) is 1.74.